The smallest absolute Gasteiger partial charge is 0.137 e. The molecule has 4 N–H and O–H groups in total. The number of hydrogen-bond acceptors (Lipinski definition) is 8. The van der Waals surface area contributed by atoms with Gasteiger partial charge in [-0.2, -0.15) is 10.5 Å². The van der Waals surface area contributed by atoms with Crippen molar-refractivity contribution in [1.29, 1.82) is 10.5 Å². The summed E-state index contributed by atoms with van der Waals surface area (Å²) in [5.74, 6) is 0.963. The fourth-order valence-electron chi connectivity index (χ4n) is 3.07. The van der Waals surface area contributed by atoms with Crippen molar-refractivity contribution in [2.75, 3.05) is 39.4 Å². The van der Waals surface area contributed by atoms with Gasteiger partial charge in [-0.3, -0.25) is 0 Å². The Labute approximate surface area is 195 Å². The fraction of sp³-hybridized carbons (Fsp3) is 0.440. The topological polar surface area (TPSA) is 131 Å². The van der Waals surface area contributed by atoms with Crippen LogP contribution < -0.4 is 20.1 Å². The van der Waals surface area contributed by atoms with Crippen molar-refractivity contribution < 1.29 is 19.7 Å². The first-order valence-electron chi connectivity index (χ1n) is 11.2. The molecule has 0 aliphatic rings. The van der Waals surface area contributed by atoms with E-state index in [1.54, 1.807) is 48.5 Å². The van der Waals surface area contributed by atoms with E-state index in [4.69, 9.17) is 20.0 Å². The Morgan fingerprint density at radius 3 is 1.55 bits per heavy atom. The van der Waals surface area contributed by atoms with Gasteiger partial charge in [-0.1, -0.05) is 30.7 Å². The highest BCUT2D eigenvalue weighted by atomic mass is 16.5. The lowest BCUT2D eigenvalue weighted by Gasteiger charge is -2.14. The summed E-state index contributed by atoms with van der Waals surface area (Å²) < 4.78 is 11.0. The van der Waals surface area contributed by atoms with Gasteiger partial charge in [0.25, 0.3) is 0 Å². The molecule has 8 heteroatoms. The highest BCUT2D eigenvalue weighted by molar-refractivity contribution is 5.43. The molecule has 0 saturated heterocycles. The van der Waals surface area contributed by atoms with Crippen LogP contribution in [0.3, 0.4) is 0 Å². The molecule has 0 aliphatic heterocycles. The van der Waals surface area contributed by atoms with Gasteiger partial charge in [0, 0.05) is 13.1 Å². The average Bonchev–Trinajstić information content (AvgIpc) is 2.85. The van der Waals surface area contributed by atoms with E-state index in [2.05, 4.69) is 22.8 Å². The predicted octanol–water partition coefficient (Wildman–Crippen LogP) is 1.96. The zero-order valence-electron chi connectivity index (χ0n) is 18.7. The quantitative estimate of drug-likeness (QED) is 0.284. The van der Waals surface area contributed by atoms with Crippen molar-refractivity contribution in [3.05, 3.63) is 59.7 Å². The Morgan fingerprint density at radius 2 is 1.12 bits per heavy atom. The second kappa shape index (κ2) is 15.6. The van der Waals surface area contributed by atoms with Gasteiger partial charge < -0.3 is 30.3 Å². The molecule has 0 spiro atoms. The van der Waals surface area contributed by atoms with Crippen LogP contribution in [0.5, 0.6) is 11.5 Å². The highest BCUT2D eigenvalue weighted by Gasteiger charge is 2.08. The number of nitrogens with one attached hydrogen (secondary N) is 2. The second-order valence-electron chi connectivity index (χ2n) is 7.61. The summed E-state index contributed by atoms with van der Waals surface area (Å²) in [6.07, 6.45) is 1.67. The summed E-state index contributed by atoms with van der Waals surface area (Å²) in [7, 11) is 0. The summed E-state index contributed by atoms with van der Waals surface area (Å²) in [5.41, 5.74) is 0.909. The maximum Gasteiger partial charge on any atom is 0.137 e. The molecule has 0 aliphatic carbocycles. The molecular weight excluding hydrogens is 420 g/mol. The first-order chi connectivity index (χ1) is 16.1. The molecule has 2 aromatic carbocycles. The lowest BCUT2D eigenvalue weighted by Crippen LogP contribution is -2.32. The van der Waals surface area contributed by atoms with Crippen molar-refractivity contribution in [2.24, 2.45) is 0 Å². The van der Waals surface area contributed by atoms with E-state index >= 15 is 0 Å². The number of nitrogens with zero attached hydrogens (tertiary/aromatic N) is 2. The normalized spacial score (nSPS) is 12.4. The number of aliphatic hydroxyl groups excluding tert-OH is 2. The molecule has 0 radical (unpaired) electrons. The van der Waals surface area contributed by atoms with E-state index < -0.39 is 12.2 Å². The van der Waals surface area contributed by atoms with Gasteiger partial charge >= 0.3 is 0 Å². The molecular formula is C25H32N4O4. The van der Waals surface area contributed by atoms with E-state index in [1.807, 2.05) is 0 Å². The standard InChI is InChI=1S/C25H32N4O4/c26-14-20-8-2-4-10-24(20)32-18-22(30)16-28-12-6-1-7-13-29-17-23(31)19-33-25-11-5-3-9-21(25)15-27/h2-5,8-11,22-23,28-31H,1,6-7,12-13,16-19H2. The van der Waals surface area contributed by atoms with E-state index in [0.29, 0.717) is 35.7 Å². The van der Waals surface area contributed by atoms with Crippen molar-refractivity contribution in [2.45, 2.75) is 31.5 Å². The lowest BCUT2D eigenvalue weighted by atomic mass is 10.2. The third kappa shape index (κ3) is 10.3. The minimum atomic E-state index is -0.651. The van der Waals surface area contributed by atoms with Crippen molar-refractivity contribution in [3.8, 4) is 23.6 Å². The summed E-state index contributed by atoms with van der Waals surface area (Å²) in [6, 6.07) is 18.0. The number of rotatable bonds is 16. The van der Waals surface area contributed by atoms with Crippen molar-refractivity contribution in [3.63, 3.8) is 0 Å². The minimum Gasteiger partial charge on any atom is -0.489 e. The Kier molecular flexibility index (Phi) is 12.4. The Bertz CT molecular complexity index is 836. The van der Waals surface area contributed by atoms with Gasteiger partial charge in [-0.15, -0.1) is 0 Å². The molecule has 8 nitrogen and oxygen atoms in total. The van der Waals surface area contributed by atoms with Gasteiger partial charge in [0.1, 0.15) is 49.1 Å². The van der Waals surface area contributed by atoms with Crippen LogP contribution in [-0.2, 0) is 0 Å². The summed E-state index contributed by atoms with van der Waals surface area (Å²) >= 11 is 0. The monoisotopic (exact) mass is 452 g/mol. The number of benzene rings is 2. The molecule has 0 aromatic heterocycles. The van der Waals surface area contributed by atoms with Crippen LogP contribution in [0.2, 0.25) is 0 Å². The van der Waals surface area contributed by atoms with Crippen LogP contribution in [0, 0.1) is 22.7 Å². The van der Waals surface area contributed by atoms with Crippen molar-refractivity contribution in [1.82, 2.24) is 10.6 Å². The van der Waals surface area contributed by atoms with Crippen LogP contribution >= 0.6 is 0 Å². The summed E-state index contributed by atoms with van der Waals surface area (Å²) in [4.78, 5) is 0. The largest absolute Gasteiger partial charge is 0.489 e. The lowest BCUT2D eigenvalue weighted by molar-refractivity contribution is 0.106. The number of para-hydroxylation sites is 2. The maximum atomic E-state index is 10.0. The highest BCUT2D eigenvalue weighted by Crippen LogP contribution is 2.17. The van der Waals surface area contributed by atoms with Gasteiger partial charge in [-0.25, -0.2) is 0 Å². The number of unbranched alkanes of at least 4 members (excludes halogenated alkanes) is 2. The van der Waals surface area contributed by atoms with Crippen LogP contribution in [0.15, 0.2) is 48.5 Å². The summed E-state index contributed by atoms with van der Waals surface area (Å²) in [5, 5.41) is 44.5. The molecule has 0 heterocycles. The molecule has 176 valence electrons. The molecule has 2 unspecified atom stereocenters. The van der Waals surface area contributed by atoms with E-state index in [1.165, 1.54) is 0 Å². The molecule has 0 bridgehead atoms. The van der Waals surface area contributed by atoms with Crippen LogP contribution in [0.4, 0.5) is 0 Å². The molecule has 2 atom stereocenters. The summed E-state index contributed by atoms with van der Waals surface area (Å²) in [6.45, 7) is 2.69. The molecule has 2 aromatic rings. The average molecular weight is 453 g/mol. The van der Waals surface area contributed by atoms with E-state index in [-0.39, 0.29) is 13.2 Å². The van der Waals surface area contributed by atoms with Gasteiger partial charge in [0.15, 0.2) is 0 Å². The first-order valence-corrected chi connectivity index (χ1v) is 11.2. The third-order valence-electron chi connectivity index (χ3n) is 4.84. The second-order valence-corrected chi connectivity index (χ2v) is 7.61. The number of hydrogen-bond donors (Lipinski definition) is 4. The van der Waals surface area contributed by atoms with Crippen LogP contribution in [-0.4, -0.2) is 61.8 Å². The van der Waals surface area contributed by atoms with Gasteiger partial charge in [0.05, 0.1) is 11.1 Å². The SMILES string of the molecule is N#Cc1ccccc1OCC(O)CNCCCCCNCC(O)COc1ccccc1C#N. The molecule has 33 heavy (non-hydrogen) atoms. The number of aliphatic hydroxyl groups is 2. The van der Waals surface area contributed by atoms with Gasteiger partial charge in [0.2, 0.25) is 0 Å². The molecule has 0 fully saturated rings. The van der Waals surface area contributed by atoms with E-state index in [9.17, 15) is 10.2 Å². The molecule has 0 amide bonds. The molecule has 0 saturated carbocycles. The third-order valence-corrected chi connectivity index (χ3v) is 4.84. The maximum absolute atomic E-state index is 10.0. The van der Waals surface area contributed by atoms with Gasteiger partial charge in [-0.05, 0) is 50.2 Å². The van der Waals surface area contributed by atoms with Crippen LogP contribution in [0.25, 0.3) is 0 Å². The Balaban J connectivity index is 1.43. The zero-order valence-corrected chi connectivity index (χ0v) is 18.7. The Hall–Kier alpha value is -3.14. The van der Waals surface area contributed by atoms with Crippen LogP contribution in [0.1, 0.15) is 30.4 Å². The minimum absolute atomic E-state index is 0.129. The Morgan fingerprint density at radius 1 is 0.697 bits per heavy atom. The fourth-order valence-corrected chi connectivity index (χ4v) is 3.07. The predicted molar refractivity (Wildman–Crippen MR) is 125 cm³/mol. The first kappa shape index (κ1) is 26.1. The number of nitriles is 2. The van der Waals surface area contributed by atoms with Crippen molar-refractivity contribution >= 4 is 0 Å². The zero-order chi connectivity index (χ0) is 23.7. The molecule has 2 rings (SSSR count). The number of ether oxygens (including phenoxy) is 2. The van der Waals surface area contributed by atoms with E-state index in [0.717, 1.165) is 32.4 Å².